The first-order valence-corrected chi connectivity index (χ1v) is 5.94. The summed E-state index contributed by atoms with van der Waals surface area (Å²) < 4.78 is -0.330. The highest BCUT2D eigenvalue weighted by Gasteiger charge is 2.20. The highest BCUT2D eigenvalue weighted by molar-refractivity contribution is 14.1. The van der Waals surface area contributed by atoms with E-state index in [-0.39, 0.29) is 2.88 Å². The summed E-state index contributed by atoms with van der Waals surface area (Å²) >= 11 is 8.35. The fourth-order valence-electron chi connectivity index (χ4n) is 1.48. The molecule has 0 fully saturated rings. The number of alkyl halides is 2. The molecule has 0 radical (unpaired) electrons. The standard InChI is InChI=1S/C12H10ClI/c13-12(14)8-6-11(7-9-12)10-4-2-1-3-5-10/h1-9,11H. The lowest BCUT2D eigenvalue weighted by molar-refractivity contribution is 1.03. The van der Waals surface area contributed by atoms with Crippen molar-refractivity contribution in [1.29, 1.82) is 0 Å². The van der Waals surface area contributed by atoms with Gasteiger partial charge in [0.15, 0.2) is 0 Å². The molecule has 0 N–H and O–H groups in total. The zero-order valence-corrected chi connectivity index (χ0v) is 10.4. The second-order valence-electron chi connectivity index (χ2n) is 3.33. The molecule has 0 spiro atoms. The van der Waals surface area contributed by atoms with Gasteiger partial charge in [0.1, 0.15) is 2.88 Å². The summed E-state index contributed by atoms with van der Waals surface area (Å²) in [6.07, 6.45) is 8.36. The predicted molar refractivity (Wildman–Crippen MR) is 70.1 cm³/mol. The van der Waals surface area contributed by atoms with Gasteiger partial charge in [-0.1, -0.05) is 88.8 Å². The van der Waals surface area contributed by atoms with E-state index in [1.165, 1.54) is 5.56 Å². The molecule has 0 saturated carbocycles. The summed E-state index contributed by atoms with van der Waals surface area (Å²) in [4.78, 5) is 0. The molecular formula is C12H10ClI. The maximum atomic E-state index is 6.14. The van der Waals surface area contributed by atoms with Gasteiger partial charge in [-0.2, -0.15) is 0 Å². The van der Waals surface area contributed by atoms with Gasteiger partial charge in [-0.15, -0.1) is 0 Å². The molecule has 0 bridgehead atoms. The fourth-order valence-corrected chi connectivity index (χ4v) is 2.04. The topological polar surface area (TPSA) is 0 Å². The molecule has 0 saturated heterocycles. The van der Waals surface area contributed by atoms with Crippen molar-refractivity contribution in [1.82, 2.24) is 0 Å². The van der Waals surface area contributed by atoms with E-state index in [1.807, 2.05) is 18.2 Å². The summed E-state index contributed by atoms with van der Waals surface area (Å²) in [5, 5.41) is 0. The first kappa shape index (κ1) is 10.2. The van der Waals surface area contributed by atoms with Crippen LogP contribution in [0.1, 0.15) is 11.5 Å². The van der Waals surface area contributed by atoms with Crippen molar-refractivity contribution in [2.75, 3.05) is 0 Å². The van der Waals surface area contributed by atoms with Crippen LogP contribution in [-0.2, 0) is 0 Å². The van der Waals surface area contributed by atoms with Crippen LogP contribution < -0.4 is 0 Å². The van der Waals surface area contributed by atoms with Crippen LogP contribution in [0.3, 0.4) is 0 Å². The number of hydrogen-bond donors (Lipinski definition) is 0. The Hall–Kier alpha value is -0.280. The summed E-state index contributed by atoms with van der Waals surface area (Å²) in [6.45, 7) is 0. The molecule has 14 heavy (non-hydrogen) atoms. The summed E-state index contributed by atoms with van der Waals surface area (Å²) in [6, 6.07) is 10.4. The third kappa shape index (κ3) is 2.39. The molecule has 0 unspecified atom stereocenters. The van der Waals surface area contributed by atoms with Crippen LogP contribution in [0.15, 0.2) is 54.6 Å². The van der Waals surface area contributed by atoms with E-state index in [0.29, 0.717) is 5.92 Å². The normalized spacial score (nSPS) is 30.6. The van der Waals surface area contributed by atoms with Crippen molar-refractivity contribution >= 4 is 34.2 Å². The van der Waals surface area contributed by atoms with Gasteiger partial charge in [-0.05, 0) is 5.56 Å². The third-order valence-corrected chi connectivity index (χ3v) is 3.21. The van der Waals surface area contributed by atoms with Crippen molar-refractivity contribution in [3.63, 3.8) is 0 Å². The van der Waals surface area contributed by atoms with E-state index in [2.05, 4.69) is 59.0 Å². The van der Waals surface area contributed by atoms with Crippen molar-refractivity contribution in [3.8, 4) is 0 Å². The number of allylic oxidation sites excluding steroid dienone is 4. The van der Waals surface area contributed by atoms with Crippen molar-refractivity contribution < 1.29 is 0 Å². The van der Waals surface area contributed by atoms with E-state index in [4.69, 9.17) is 11.6 Å². The Morgan fingerprint density at radius 3 is 2.21 bits per heavy atom. The van der Waals surface area contributed by atoms with Crippen LogP contribution >= 0.6 is 34.2 Å². The molecular weight excluding hydrogens is 306 g/mol. The minimum atomic E-state index is -0.330. The van der Waals surface area contributed by atoms with Gasteiger partial charge in [-0.25, -0.2) is 0 Å². The van der Waals surface area contributed by atoms with Gasteiger partial charge >= 0.3 is 0 Å². The Balaban J connectivity index is 2.22. The highest BCUT2D eigenvalue weighted by Crippen LogP contribution is 2.34. The molecule has 0 aliphatic heterocycles. The zero-order valence-electron chi connectivity index (χ0n) is 7.53. The van der Waals surface area contributed by atoms with E-state index in [9.17, 15) is 0 Å². The fraction of sp³-hybridized carbons (Fsp3) is 0.167. The Bertz CT molecular complexity index is 349. The maximum Gasteiger partial charge on any atom is 0.132 e. The number of halogens is 2. The Morgan fingerprint density at radius 2 is 1.64 bits per heavy atom. The zero-order chi connectivity index (χ0) is 10.0. The second kappa shape index (κ2) is 4.07. The SMILES string of the molecule is ClC1(I)C=CC(c2ccccc2)C=C1. The first-order valence-electron chi connectivity index (χ1n) is 4.49. The minimum Gasteiger partial charge on any atom is -0.0984 e. The summed E-state index contributed by atoms with van der Waals surface area (Å²) in [5.41, 5.74) is 1.31. The van der Waals surface area contributed by atoms with E-state index in [0.717, 1.165) is 0 Å². The van der Waals surface area contributed by atoms with Gasteiger partial charge in [0.25, 0.3) is 0 Å². The Labute approximate surface area is 103 Å². The van der Waals surface area contributed by atoms with Crippen molar-refractivity contribution in [2.45, 2.75) is 8.80 Å². The van der Waals surface area contributed by atoms with Gasteiger partial charge in [0.2, 0.25) is 0 Å². The van der Waals surface area contributed by atoms with E-state index >= 15 is 0 Å². The molecule has 1 aromatic carbocycles. The maximum absolute atomic E-state index is 6.14. The van der Waals surface area contributed by atoms with Gasteiger partial charge in [0.05, 0.1) is 0 Å². The van der Waals surface area contributed by atoms with Crippen molar-refractivity contribution in [2.24, 2.45) is 0 Å². The molecule has 0 nitrogen and oxygen atoms in total. The van der Waals surface area contributed by atoms with Crippen LogP contribution in [0.5, 0.6) is 0 Å². The third-order valence-electron chi connectivity index (χ3n) is 2.24. The minimum absolute atomic E-state index is 0.330. The predicted octanol–water partition coefficient (Wildman–Crippen LogP) is 4.27. The van der Waals surface area contributed by atoms with Crippen molar-refractivity contribution in [3.05, 3.63) is 60.2 Å². The highest BCUT2D eigenvalue weighted by atomic mass is 127. The summed E-state index contributed by atoms with van der Waals surface area (Å²) in [5.74, 6) is 0.373. The first-order chi connectivity index (χ1) is 6.67. The number of hydrogen-bond acceptors (Lipinski definition) is 0. The lowest BCUT2D eigenvalue weighted by atomic mass is 9.95. The lowest BCUT2D eigenvalue weighted by Crippen LogP contribution is -2.08. The van der Waals surface area contributed by atoms with E-state index in [1.54, 1.807) is 0 Å². The molecule has 2 rings (SSSR count). The van der Waals surface area contributed by atoms with Crippen LogP contribution in [0.2, 0.25) is 0 Å². The molecule has 1 aliphatic carbocycles. The quantitative estimate of drug-likeness (QED) is 0.412. The molecule has 0 atom stereocenters. The average Bonchev–Trinajstić information content (AvgIpc) is 2.19. The molecule has 0 heterocycles. The lowest BCUT2D eigenvalue weighted by Gasteiger charge is -2.18. The summed E-state index contributed by atoms with van der Waals surface area (Å²) in [7, 11) is 0. The average molecular weight is 317 g/mol. The Morgan fingerprint density at radius 1 is 1.07 bits per heavy atom. The number of rotatable bonds is 1. The van der Waals surface area contributed by atoms with Crippen LogP contribution in [0.4, 0.5) is 0 Å². The molecule has 2 heteroatoms. The monoisotopic (exact) mass is 316 g/mol. The van der Waals surface area contributed by atoms with Crippen LogP contribution in [0.25, 0.3) is 0 Å². The molecule has 0 amide bonds. The second-order valence-corrected chi connectivity index (χ2v) is 6.38. The van der Waals surface area contributed by atoms with Crippen LogP contribution in [-0.4, -0.2) is 2.88 Å². The number of benzene rings is 1. The smallest absolute Gasteiger partial charge is 0.0984 e. The molecule has 0 aromatic heterocycles. The van der Waals surface area contributed by atoms with Crippen LogP contribution in [0, 0.1) is 0 Å². The molecule has 1 aromatic rings. The largest absolute Gasteiger partial charge is 0.132 e. The van der Waals surface area contributed by atoms with Gasteiger partial charge in [0, 0.05) is 5.92 Å². The Kier molecular flexibility index (Phi) is 2.98. The van der Waals surface area contributed by atoms with Gasteiger partial charge < -0.3 is 0 Å². The molecule has 72 valence electrons. The van der Waals surface area contributed by atoms with Gasteiger partial charge in [-0.3, -0.25) is 0 Å². The van der Waals surface area contributed by atoms with E-state index < -0.39 is 0 Å². The molecule has 1 aliphatic rings.